The molecule has 1 aromatic carbocycles. The molecule has 3 aromatic rings. The molecule has 0 spiro atoms. The lowest BCUT2D eigenvalue weighted by Crippen LogP contribution is -2.28. The fourth-order valence-corrected chi connectivity index (χ4v) is 5.86. The van der Waals surface area contributed by atoms with Crippen LogP contribution in [0.5, 0.6) is 0 Å². The average Bonchev–Trinajstić information content (AvgIpc) is 3.34. The van der Waals surface area contributed by atoms with Gasteiger partial charge in [0.05, 0.1) is 34.0 Å². The second kappa shape index (κ2) is 4.85. The summed E-state index contributed by atoms with van der Waals surface area (Å²) in [5, 5.41) is 15.4. The van der Waals surface area contributed by atoms with Gasteiger partial charge in [-0.1, -0.05) is 12.2 Å². The number of rotatable bonds is 0. The molecule has 5 nitrogen and oxygen atoms in total. The fourth-order valence-electron chi connectivity index (χ4n) is 4.88. The molecule has 3 aliphatic rings. The quantitative estimate of drug-likeness (QED) is 0.466. The lowest BCUT2D eigenvalue weighted by atomic mass is 9.96. The third kappa shape index (κ3) is 1.55. The first kappa shape index (κ1) is 15.1. The van der Waals surface area contributed by atoms with Gasteiger partial charge in [0, 0.05) is 38.5 Å². The number of hydrogen-bond donors (Lipinski definition) is 2. The molecule has 0 fully saturated rings. The number of carbonyl (C=O) groups excluding carboxylic acids is 1. The Morgan fingerprint density at radius 1 is 1.11 bits per heavy atom. The van der Waals surface area contributed by atoms with E-state index in [4.69, 9.17) is 5.41 Å². The number of hydrogen-bond acceptors (Lipinski definition) is 3. The zero-order valence-electron chi connectivity index (χ0n) is 14.9. The van der Waals surface area contributed by atoms with Crippen LogP contribution in [-0.4, -0.2) is 20.9 Å². The molecule has 0 atom stereocenters. The predicted molar refractivity (Wildman–Crippen MR) is 111 cm³/mol. The molecular formula is C21H16N4OS. The van der Waals surface area contributed by atoms with Crippen LogP contribution in [0.25, 0.3) is 46.1 Å². The maximum atomic E-state index is 12.9. The summed E-state index contributed by atoms with van der Waals surface area (Å²) in [6.45, 7) is 4.06. The molecule has 0 unspecified atom stereocenters. The fraction of sp³-hybridized carbons (Fsp3) is 0.190. The molecule has 2 N–H and O–H groups in total. The minimum Gasteiger partial charge on any atom is -0.329 e. The summed E-state index contributed by atoms with van der Waals surface area (Å²) in [6, 6.07) is 0. The molecule has 1 aliphatic carbocycles. The van der Waals surface area contributed by atoms with Crippen molar-refractivity contribution in [2.24, 2.45) is 0 Å². The van der Waals surface area contributed by atoms with E-state index in [0.717, 1.165) is 60.9 Å². The molecule has 27 heavy (non-hydrogen) atoms. The number of amides is 1. The Labute approximate surface area is 158 Å². The van der Waals surface area contributed by atoms with Crippen LogP contribution in [0.1, 0.15) is 41.0 Å². The normalized spacial score (nSPS) is 18.3. The number of aromatic nitrogens is 2. The maximum Gasteiger partial charge on any atom is 0.258 e. The SMILES string of the molecule is C/C=c1\c(=C/C)n2c3c1c1c(c4c5c(n(c43)CSC2)C=C=C5)C(=N)NC1=O. The van der Waals surface area contributed by atoms with Crippen LogP contribution in [0.2, 0.25) is 0 Å². The van der Waals surface area contributed by atoms with E-state index in [0.29, 0.717) is 5.56 Å². The van der Waals surface area contributed by atoms with E-state index >= 15 is 0 Å². The number of amidine groups is 1. The minimum absolute atomic E-state index is 0.173. The number of carbonyl (C=O) groups is 1. The Hall–Kier alpha value is -2.95. The molecular weight excluding hydrogens is 356 g/mol. The Kier molecular flexibility index (Phi) is 2.72. The third-order valence-electron chi connectivity index (χ3n) is 5.83. The molecule has 0 bridgehead atoms. The van der Waals surface area contributed by atoms with Gasteiger partial charge in [0.15, 0.2) is 0 Å². The van der Waals surface area contributed by atoms with E-state index < -0.39 is 0 Å². The van der Waals surface area contributed by atoms with Crippen LogP contribution < -0.4 is 15.9 Å². The summed E-state index contributed by atoms with van der Waals surface area (Å²) in [5.74, 6) is 1.71. The summed E-state index contributed by atoms with van der Waals surface area (Å²) in [7, 11) is 0. The van der Waals surface area contributed by atoms with Crippen molar-refractivity contribution in [3.8, 4) is 0 Å². The van der Waals surface area contributed by atoms with Crippen LogP contribution in [0.3, 0.4) is 0 Å². The van der Waals surface area contributed by atoms with Crippen molar-refractivity contribution in [2.75, 3.05) is 0 Å². The van der Waals surface area contributed by atoms with Crippen LogP contribution in [0.15, 0.2) is 5.73 Å². The molecule has 132 valence electrons. The van der Waals surface area contributed by atoms with Gasteiger partial charge in [-0.15, -0.1) is 17.5 Å². The first-order valence-corrected chi connectivity index (χ1v) is 10.1. The first-order chi connectivity index (χ1) is 13.2. The molecule has 6 heteroatoms. The molecule has 0 saturated carbocycles. The summed E-state index contributed by atoms with van der Waals surface area (Å²) in [6.07, 6.45) is 8.21. The van der Waals surface area contributed by atoms with Gasteiger partial charge < -0.3 is 14.5 Å². The van der Waals surface area contributed by atoms with Crippen LogP contribution in [0.4, 0.5) is 0 Å². The van der Waals surface area contributed by atoms with Crippen molar-refractivity contribution in [1.82, 2.24) is 14.5 Å². The van der Waals surface area contributed by atoms with Gasteiger partial charge in [-0.2, -0.15) is 0 Å². The van der Waals surface area contributed by atoms with E-state index in [-0.39, 0.29) is 11.7 Å². The monoisotopic (exact) mass is 372 g/mol. The molecule has 6 rings (SSSR count). The van der Waals surface area contributed by atoms with E-state index in [1.165, 1.54) is 0 Å². The Bertz CT molecular complexity index is 1460. The highest BCUT2D eigenvalue weighted by Gasteiger charge is 2.36. The number of nitrogens with one attached hydrogen (secondary N) is 2. The predicted octanol–water partition coefficient (Wildman–Crippen LogP) is 2.57. The van der Waals surface area contributed by atoms with Crippen LogP contribution in [0, 0.1) is 5.41 Å². The standard InChI is InChI=1S/C21H16N4OS/c1-3-10-12(4-2)24-8-27-9-25-13-7-5-6-11(13)15-16-17(21(26)23-20(16)22)14(10)18(24)19(15)25/h3-4,6-7H,8-9H2,1-2H3,(H2,22,23,26)/b10-3+,12-4+. The lowest BCUT2D eigenvalue weighted by Gasteiger charge is -2.07. The highest BCUT2D eigenvalue weighted by Crippen LogP contribution is 2.42. The largest absolute Gasteiger partial charge is 0.329 e. The minimum atomic E-state index is -0.173. The van der Waals surface area contributed by atoms with Crippen LogP contribution in [-0.2, 0) is 11.8 Å². The number of nitrogens with zero attached hydrogens (tertiary/aromatic N) is 2. The summed E-state index contributed by atoms with van der Waals surface area (Å²) >= 11 is 1.86. The molecule has 0 radical (unpaired) electrons. The first-order valence-electron chi connectivity index (χ1n) is 8.95. The summed E-state index contributed by atoms with van der Waals surface area (Å²) in [4.78, 5) is 12.9. The van der Waals surface area contributed by atoms with Crippen molar-refractivity contribution in [3.05, 3.63) is 38.7 Å². The summed E-state index contributed by atoms with van der Waals surface area (Å²) < 4.78 is 4.66. The van der Waals surface area contributed by atoms with Crippen molar-refractivity contribution in [2.45, 2.75) is 25.6 Å². The summed E-state index contributed by atoms with van der Waals surface area (Å²) in [5.41, 5.74) is 9.02. The highest BCUT2D eigenvalue weighted by molar-refractivity contribution is 7.97. The van der Waals surface area contributed by atoms with Gasteiger partial charge in [-0.25, -0.2) is 0 Å². The zero-order valence-corrected chi connectivity index (χ0v) is 15.8. The van der Waals surface area contributed by atoms with Gasteiger partial charge in [0.25, 0.3) is 5.91 Å². The molecule has 0 saturated heterocycles. The molecule has 2 aromatic heterocycles. The van der Waals surface area contributed by atoms with Gasteiger partial charge in [-0.3, -0.25) is 10.2 Å². The van der Waals surface area contributed by atoms with E-state index in [2.05, 4.69) is 32.3 Å². The Balaban J connectivity index is 2.08. The van der Waals surface area contributed by atoms with Gasteiger partial charge in [0.1, 0.15) is 5.84 Å². The average molecular weight is 372 g/mol. The smallest absolute Gasteiger partial charge is 0.258 e. The van der Waals surface area contributed by atoms with Crippen molar-refractivity contribution >= 4 is 69.6 Å². The van der Waals surface area contributed by atoms with E-state index in [1.54, 1.807) is 0 Å². The lowest BCUT2D eigenvalue weighted by molar-refractivity contribution is 0.0984. The molecule has 1 amide bonds. The van der Waals surface area contributed by atoms with Crippen molar-refractivity contribution in [3.63, 3.8) is 0 Å². The van der Waals surface area contributed by atoms with Gasteiger partial charge in [0.2, 0.25) is 0 Å². The van der Waals surface area contributed by atoms with E-state index in [1.807, 2.05) is 37.8 Å². The molecule has 2 aliphatic heterocycles. The Morgan fingerprint density at radius 2 is 1.89 bits per heavy atom. The number of fused-ring (bicyclic) bond motifs is 6. The maximum absolute atomic E-state index is 12.9. The number of thioether (sulfide) groups is 1. The van der Waals surface area contributed by atoms with E-state index in [9.17, 15) is 4.79 Å². The van der Waals surface area contributed by atoms with Crippen molar-refractivity contribution < 1.29 is 4.79 Å². The Morgan fingerprint density at radius 3 is 2.67 bits per heavy atom. The topological polar surface area (TPSA) is 62.8 Å². The zero-order chi connectivity index (χ0) is 18.4. The van der Waals surface area contributed by atoms with Crippen LogP contribution >= 0.6 is 11.8 Å². The second-order valence-corrected chi connectivity index (χ2v) is 7.90. The van der Waals surface area contributed by atoms with Gasteiger partial charge >= 0.3 is 0 Å². The highest BCUT2D eigenvalue weighted by atomic mass is 32.2. The third-order valence-corrected chi connectivity index (χ3v) is 6.71. The second-order valence-electron chi connectivity index (χ2n) is 6.98. The van der Waals surface area contributed by atoms with Gasteiger partial charge in [-0.05, 0) is 19.9 Å². The van der Waals surface area contributed by atoms with Crippen molar-refractivity contribution in [1.29, 1.82) is 5.41 Å². The number of benzene rings is 1. The molecule has 4 heterocycles.